The Balaban J connectivity index is 1.56. The fourth-order valence-corrected chi connectivity index (χ4v) is 3.59. The third-order valence-electron chi connectivity index (χ3n) is 5.37. The number of carbonyl (C=O) groups is 2. The first-order valence-electron chi connectivity index (χ1n) is 10.9. The summed E-state index contributed by atoms with van der Waals surface area (Å²) in [6, 6.07) is 13.6. The number of carbonyl (C=O) groups excluding carboxylic acids is 2. The minimum atomic E-state index is -0.495. The van der Waals surface area contributed by atoms with Crippen molar-refractivity contribution < 1.29 is 19.2 Å². The quantitative estimate of drug-likeness (QED) is 0.321. The van der Waals surface area contributed by atoms with E-state index >= 15 is 0 Å². The summed E-state index contributed by atoms with van der Waals surface area (Å²) in [6.07, 6.45) is 0.760. The Kier molecular flexibility index (Phi) is 8.73. The predicted octanol–water partition coefficient (Wildman–Crippen LogP) is 2.25. The summed E-state index contributed by atoms with van der Waals surface area (Å²) in [4.78, 5) is 39.7. The average Bonchev–Trinajstić information content (AvgIpc) is 2.83. The summed E-state index contributed by atoms with van der Waals surface area (Å²) in [5.74, 6) is -0.309. The second-order valence-corrected chi connectivity index (χ2v) is 7.74. The van der Waals surface area contributed by atoms with Crippen molar-refractivity contribution >= 4 is 28.9 Å². The van der Waals surface area contributed by atoms with Crippen LogP contribution >= 0.6 is 0 Å². The lowest BCUT2D eigenvalue weighted by atomic mass is 10.1. The minimum absolute atomic E-state index is 0.0528. The number of piperazine rings is 1. The molecule has 1 heterocycles. The number of benzene rings is 2. The van der Waals surface area contributed by atoms with Crippen LogP contribution in [0, 0.1) is 10.1 Å². The molecule has 2 N–H and O–H groups in total. The van der Waals surface area contributed by atoms with E-state index in [2.05, 4.69) is 10.6 Å². The third-order valence-corrected chi connectivity index (χ3v) is 5.37. The highest BCUT2D eigenvalue weighted by Crippen LogP contribution is 2.29. The van der Waals surface area contributed by atoms with Gasteiger partial charge in [-0.25, -0.2) is 0 Å². The molecular formula is C23H29N5O5. The number of nitrogens with one attached hydrogen (secondary N) is 2. The van der Waals surface area contributed by atoms with Crippen LogP contribution in [0.15, 0.2) is 48.5 Å². The van der Waals surface area contributed by atoms with Gasteiger partial charge in [-0.1, -0.05) is 18.2 Å². The lowest BCUT2D eigenvalue weighted by Gasteiger charge is -2.34. The Hall–Kier alpha value is -3.50. The Bertz CT molecular complexity index is 961. The number of hydrogen-bond donors (Lipinski definition) is 2. The molecule has 1 fully saturated rings. The van der Waals surface area contributed by atoms with Crippen molar-refractivity contribution in [3.8, 4) is 0 Å². The summed E-state index contributed by atoms with van der Waals surface area (Å²) < 4.78 is 4.96. The van der Waals surface area contributed by atoms with Crippen LogP contribution in [0.1, 0.15) is 16.8 Å². The van der Waals surface area contributed by atoms with E-state index in [9.17, 15) is 19.7 Å². The van der Waals surface area contributed by atoms with Crippen LogP contribution in [-0.2, 0) is 9.53 Å². The van der Waals surface area contributed by atoms with Gasteiger partial charge in [-0.15, -0.1) is 0 Å². The summed E-state index contributed by atoms with van der Waals surface area (Å²) >= 11 is 0. The number of hydrogen-bond acceptors (Lipinski definition) is 7. The van der Waals surface area contributed by atoms with E-state index in [0.717, 1.165) is 12.1 Å². The molecule has 0 radical (unpaired) electrons. The average molecular weight is 456 g/mol. The lowest BCUT2D eigenvalue weighted by Crippen LogP contribution is -2.51. The fourth-order valence-electron chi connectivity index (χ4n) is 3.59. The highest BCUT2D eigenvalue weighted by Gasteiger charge is 2.25. The molecule has 0 bridgehead atoms. The molecule has 0 aromatic heterocycles. The zero-order valence-electron chi connectivity index (χ0n) is 18.7. The zero-order valence-corrected chi connectivity index (χ0v) is 18.7. The second-order valence-electron chi connectivity index (χ2n) is 7.74. The standard InChI is InChI=1S/C23H29N5O5/c1-33-15-5-10-24-22(29)17-26-11-13-27(14-12-26)23(30)18-8-9-20(21(16-18)28(31)32)25-19-6-3-2-4-7-19/h2-4,6-9,16,25H,5,10-15,17H2,1H3,(H,24,29). The summed E-state index contributed by atoms with van der Waals surface area (Å²) in [7, 11) is 1.62. The van der Waals surface area contributed by atoms with E-state index in [1.165, 1.54) is 6.07 Å². The Morgan fingerprint density at radius 1 is 1.09 bits per heavy atom. The smallest absolute Gasteiger partial charge is 0.293 e. The highest BCUT2D eigenvalue weighted by atomic mass is 16.6. The number of nitrogens with zero attached hydrogens (tertiary/aromatic N) is 3. The SMILES string of the molecule is COCCCNC(=O)CN1CCN(C(=O)c2ccc(Nc3ccccc3)c([N+](=O)[O-])c2)CC1. The van der Waals surface area contributed by atoms with Gasteiger partial charge in [-0.3, -0.25) is 24.6 Å². The van der Waals surface area contributed by atoms with Gasteiger partial charge in [0.25, 0.3) is 11.6 Å². The maximum absolute atomic E-state index is 12.9. The zero-order chi connectivity index (χ0) is 23.6. The van der Waals surface area contributed by atoms with Gasteiger partial charge in [0.05, 0.1) is 11.5 Å². The molecule has 1 aliphatic rings. The van der Waals surface area contributed by atoms with E-state index in [0.29, 0.717) is 45.0 Å². The van der Waals surface area contributed by atoms with Gasteiger partial charge in [-0.2, -0.15) is 0 Å². The van der Waals surface area contributed by atoms with Gasteiger partial charge in [-0.05, 0) is 30.7 Å². The number of nitro groups is 1. The molecule has 0 saturated carbocycles. The molecule has 1 aliphatic heterocycles. The molecule has 1 saturated heterocycles. The summed E-state index contributed by atoms with van der Waals surface area (Å²) in [5.41, 5.74) is 1.15. The van der Waals surface area contributed by atoms with Crippen molar-refractivity contribution in [3.63, 3.8) is 0 Å². The number of rotatable bonds is 10. The van der Waals surface area contributed by atoms with E-state index < -0.39 is 4.92 Å². The largest absolute Gasteiger partial charge is 0.385 e. The van der Waals surface area contributed by atoms with Crippen LogP contribution in [0.2, 0.25) is 0 Å². The molecule has 3 rings (SSSR count). The first-order chi connectivity index (χ1) is 16.0. The molecule has 2 aromatic rings. The van der Waals surface area contributed by atoms with Gasteiger partial charge in [0.1, 0.15) is 5.69 Å². The first kappa shape index (κ1) is 24.1. The van der Waals surface area contributed by atoms with Gasteiger partial charge in [0.15, 0.2) is 0 Å². The van der Waals surface area contributed by atoms with Crippen molar-refractivity contribution in [1.82, 2.24) is 15.1 Å². The van der Waals surface area contributed by atoms with Gasteiger partial charge < -0.3 is 20.3 Å². The lowest BCUT2D eigenvalue weighted by molar-refractivity contribution is -0.383. The molecule has 0 aliphatic carbocycles. The first-order valence-corrected chi connectivity index (χ1v) is 10.9. The van der Waals surface area contributed by atoms with Crippen LogP contribution in [0.25, 0.3) is 0 Å². The highest BCUT2D eigenvalue weighted by molar-refractivity contribution is 5.96. The Morgan fingerprint density at radius 2 is 1.82 bits per heavy atom. The van der Waals surface area contributed by atoms with Crippen molar-refractivity contribution in [2.75, 3.05) is 58.3 Å². The number of anilines is 2. The van der Waals surface area contributed by atoms with Crippen molar-refractivity contribution in [2.24, 2.45) is 0 Å². The van der Waals surface area contributed by atoms with Crippen LogP contribution in [-0.4, -0.2) is 79.5 Å². The van der Waals surface area contributed by atoms with E-state index in [-0.39, 0.29) is 29.6 Å². The van der Waals surface area contributed by atoms with Crippen molar-refractivity contribution in [1.29, 1.82) is 0 Å². The molecule has 10 nitrogen and oxygen atoms in total. The second kappa shape index (κ2) is 11.9. The van der Waals surface area contributed by atoms with Crippen LogP contribution < -0.4 is 10.6 Å². The monoisotopic (exact) mass is 455 g/mol. The van der Waals surface area contributed by atoms with E-state index in [1.54, 1.807) is 24.1 Å². The van der Waals surface area contributed by atoms with E-state index in [4.69, 9.17) is 4.74 Å². The van der Waals surface area contributed by atoms with Gasteiger partial charge in [0, 0.05) is 63.8 Å². The third kappa shape index (κ3) is 6.99. The molecule has 0 spiro atoms. The normalized spacial score (nSPS) is 14.0. The molecule has 176 valence electrons. The van der Waals surface area contributed by atoms with Gasteiger partial charge >= 0.3 is 0 Å². The minimum Gasteiger partial charge on any atom is -0.385 e. The topological polar surface area (TPSA) is 117 Å². The number of amides is 2. The van der Waals surface area contributed by atoms with Crippen LogP contribution in [0.5, 0.6) is 0 Å². The molecular weight excluding hydrogens is 426 g/mol. The number of para-hydroxylation sites is 1. The molecule has 10 heteroatoms. The Morgan fingerprint density at radius 3 is 2.48 bits per heavy atom. The summed E-state index contributed by atoms with van der Waals surface area (Å²) in [5, 5.41) is 17.5. The fraction of sp³-hybridized carbons (Fsp3) is 0.391. The molecule has 0 unspecified atom stereocenters. The molecule has 2 aromatic carbocycles. The predicted molar refractivity (Wildman–Crippen MR) is 125 cm³/mol. The molecule has 2 amide bonds. The molecule has 33 heavy (non-hydrogen) atoms. The number of ether oxygens (including phenoxy) is 1. The van der Waals surface area contributed by atoms with Crippen LogP contribution in [0.3, 0.4) is 0 Å². The maximum atomic E-state index is 12.9. The van der Waals surface area contributed by atoms with Crippen molar-refractivity contribution in [2.45, 2.75) is 6.42 Å². The van der Waals surface area contributed by atoms with Crippen molar-refractivity contribution in [3.05, 3.63) is 64.2 Å². The van der Waals surface area contributed by atoms with E-state index in [1.807, 2.05) is 35.2 Å². The Labute approximate surface area is 192 Å². The van der Waals surface area contributed by atoms with Crippen LogP contribution in [0.4, 0.5) is 17.1 Å². The summed E-state index contributed by atoms with van der Waals surface area (Å²) in [6.45, 7) is 3.48. The number of methoxy groups -OCH3 is 1. The molecule has 0 atom stereocenters. The maximum Gasteiger partial charge on any atom is 0.293 e. The number of nitro benzene ring substituents is 1. The van der Waals surface area contributed by atoms with Gasteiger partial charge in [0.2, 0.25) is 5.91 Å².